The molecule has 0 aliphatic carbocycles. The molecule has 0 aromatic heterocycles. The van der Waals surface area contributed by atoms with Gasteiger partial charge in [0.05, 0.1) is 6.61 Å². The van der Waals surface area contributed by atoms with Crippen molar-refractivity contribution in [3.05, 3.63) is 0 Å². The molecule has 7 nitrogen and oxygen atoms in total. The van der Waals surface area contributed by atoms with Gasteiger partial charge in [0.25, 0.3) is 0 Å². The maximum absolute atomic E-state index is 11.2. The number of hydrogen-bond acceptors (Lipinski definition) is 5. The van der Waals surface area contributed by atoms with E-state index in [2.05, 4.69) is 5.32 Å². The number of carbonyl (C=O) groups excluding carboxylic acids is 2. The minimum Gasteiger partial charge on any atom is -0.480 e. The smallest absolute Gasteiger partial charge is 0.407 e. The van der Waals surface area contributed by atoms with Crippen molar-refractivity contribution in [3.63, 3.8) is 0 Å². The van der Waals surface area contributed by atoms with Gasteiger partial charge in [-0.25, -0.2) is 4.79 Å². The van der Waals surface area contributed by atoms with Crippen molar-refractivity contribution in [2.24, 2.45) is 5.73 Å². The summed E-state index contributed by atoms with van der Waals surface area (Å²) < 4.78 is 4.84. The number of unbranched alkanes of at least 4 members (excludes halogenated alkanes) is 1. The number of Topliss-reactive ketones (excluding diaryl/α,β-unsaturated/α-hetero) is 1. The van der Waals surface area contributed by atoms with E-state index in [1.807, 2.05) is 0 Å². The molecule has 7 heteroatoms. The topological polar surface area (TPSA) is 119 Å². The van der Waals surface area contributed by atoms with Crippen LogP contribution in [-0.2, 0) is 14.3 Å². The summed E-state index contributed by atoms with van der Waals surface area (Å²) in [5, 5.41) is 11.1. The lowest BCUT2D eigenvalue weighted by molar-refractivity contribution is -0.138. The lowest BCUT2D eigenvalue weighted by Gasteiger charge is -2.07. The number of alkyl carbamates (subject to hydrolysis) is 1. The van der Waals surface area contributed by atoms with E-state index in [0.717, 1.165) is 0 Å². The number of carboxylic acids is 1. The summed E-state index contributed by atoms with van der Waals surface area (Å²) in [7, 11) is 0. The molecule has 0 aliphatic heterocycles. The molecule has 4 N–H and O–H groups in total. The zero-order valence-electron chi connectivity index (χ0n) is 11.2. The molecule has 0 rings (SSSR count). The Kier molecular flexibility index (Phi) is 9.42. The second kappa shape index (κ2) is 10.3. The van der Waals surface area contributed by atoms with Crippen LogP contribution in [0.1, 0.15) is 39.0 Å². The molecule has 1 amide bonds. The number of carbonyl (C=O) groups is 3. The minimum atomic E-state index is -1.02. The van der Waals surface area contributed by atoms with Crippen LogP contribution in [0.5, 0.6) is 0 Å². The summed E-state index contributed by atoms with van der Waals surface area (Å²) in [6.07, 6.45) is 2.05. The fourth-order valence-electron chi connectivity index (χ4n) is 1.34. The molecule has 0 aromatic carbocycles. The molecule has 110 valence electrons. The van der Waals surface area contributed by atoms with Crippen LogP contribution in [0.15, 0.2) is 0 Å². The molecule has 0 saturated heterocycles. The fourth-order valence-corrected chi connectivity index (χ4v) is 1.34. The van der Waals surface area contributed by atoms with Crippen molar-refractivity contribution in [1.82, 2.24) is 5.32 Å². The van der Waals surface area contributed by atoms with Crippen LogP contribution in [0.2, 0.25) is 0 Å². The Bertz CT molecular complexity index is 306. The zero-order valence-corrected chi connectivity index (χ0v) is 11.2. The summed E-state index contributed by atoms with van der Waals surface area (Å²) in [4.78, 5) is 32.2. The van der Waals surface area contributed by atoms with Gasteiger partial charge in [0.2, 0.25) is 0 Å². The number of aliphatic carboxylic acids is 1. The van der Waals surface area contributed by atoms with E-state index < -0.39 is 18.1 Å². The van der Waals surface area contributed by atoms with Gasteiger partial charge in [0.15, 0.2) is 0 Å². The van der Waals surface area contributed by atoms with Gasteiger partial charge in [-0.1, -0.05) is 0 Å². The highest BCUT2D eigenvalue weighted by atomic mass is 16.5. The Morgan fingerprint density at radius 3 is 2.53 bits per heavy atom. The number of ether oxygens (including phenoxy) is 1. The SMILES string of the molecule is CC(=O)CCCOC(=O)NCCCC[C@H](N)C(=O)O. The third-order valence-corrected chi connectivity index (χ3v) is 2.43. The summed E-state index contributed by atoms with van der Waals surface area (Å²) >= 11 is 0. The first-order valence-electron chi connectivity index (χ1n) is 6.32. The van der Waals surface area contributed by atoms with E-state index in [9.17, 15) is 14.4 Å². The van der Waals surface area contributed by atoms with Crippen LogP contribution in [0, 0.1) is 0 Å². The molecule has 0 aromatic rings. The van der Waals surface area contributed by atoms with Gasteiger partial charge in [0.1, 0.15) is 11.8 Å². The van der Waals surface area contributed by atoms with E-state index in [0.29, 0.717) is 38.6 Å². The Hall–Kier alpha value is -1.63. The highest BCUT2D eigenvalue weighted by Crippen LogP contribution is 1.98. The first kappa shape index (κ1) is 17.4. The van der Waals surface area contributed by atoms with Crippen molar-refractivity contribution in [3.8, 4) is 0 Å². The van der Waals surface area contributed by atoms with Gasteiger partial charge in [-0.3, -0.25) is 4.79 Å². The van der Waals surface area contributed by atoms with E-state index in [4.69, 9.17) is 15.6 Å². The van der Waals surface area contributed by atoms with E-state index in [-0.39, 0.29) is 12.4 Å². The molecule has 0 saturated carbocycles. The second-order valence-corrected chi connectivity index (χ2v) is 4.31. The van der Waals surface area contributed by atoms with Crippen LogP contribution in [-0.4, -0.2) is 42.1 Å². The molecule has 0 heterocycles. The predicted molar refractivity (Wildman–Crippen MR) is 68.7 cm³/mol. The highest BCUT2D eigenvalue weighted by molar-refractivity contribution is 5.75. The molecule has 1 atom stereocenters. The third kappa shape index (κ3) is 11.2. The Balaban J connectivity index is 3.39. The standard InChI is InChI=1S/C12H22N2O5/c1-9(15)5-4-8-19-12(18)14-7-3-2-6-10(13)11(16)17/h10H,2-8,13H2,1H3,(H,14,18)(H,16,17)/t10-/m0/s1. The van der Waals surface area contributed by atoms with Crippen molar-refractivity contribution >= 4 is 17.8 Å². The minimum absolute atomic E-state index is 0.0683. The quantitative estimate of drug-likeness (QED) is 0.504. The monoisotopic (exact) mass is 274 g/mol. The molecule has 0 radical (unpaired) electrons. The lowest BCUT2D eigenvalue weighted by atomic mass is 10.1. The first-order valence-corrected chi connectivity index (χ1v) is 6.32. The van der Waals surface area contributed by atoms with E-state index >= 15 is 0 Å². The fraction of sp³-hybridized carbons (Fsp3) is 0.750. The second-order valence-electron chi connectivity index (χ2n) is 4.31. The normalized spacial score (nSPS) is 11.7. The molecular weight excluding hydrogens is 252 g/mol. The number of rotatable bonds is 10. The number of hydrogen-bond donors (Lipinski definition) is 3. The number of ketones is 1. The molecule has 19 heavy (non-hydrogen) atoms. The molecule has 0 bridgehead atoms. The summed E-state index contributed by atoms with van der Waals surface area (Å²) in [6, 6.07) is -0.849. The third-order valence-electron chi connectivity index (χ3n) is 2.43. The summed E-state index contributed by atoms with van der Waals surface area (Å²) in [5.41, 5.74) is 5.32. The number of carboxylic acid groups (broad SMARTS) is 1. The molecular formula is C12H22N2O5. The molecule has 0 aliphatic rings. The van der Waals surface area contributed by atoms with Crippen LogP contribution < -0.4 is 11.1 Å². The molecule has 0 unspecified atom stereocenters. The van der Waals surface area contributed by atoms with Gasteiger partial charge < -0.3 is 25.7 Å². The maximum atomic E-state index is 11.2. The first-order chi connectivity index (χ1) is 8.93. The average Bonchev–Trinajstić information content (AvgIpc) is 2.33. The van der Waals surface area contributed by atoms with Gasteiger partial charge in [0, 0.05) is 13.0 Å². The largest absolute Gasteiger partial charge is 0.480 e. The predicted octanol–water partition coefficient (Wildman–Crippen LogP) is 0.664. The molecule has 0 spiro atoms. The number of nitrogens with two attached hydrogens (primary N) is 1. The van der Waals surface area contributed by atoms with Crippen molar-refractivity contribution in [1.29, 1.82) is 0 Å². The maximum Gasteiger partial charge on any atom is 0.407 e. The van der Waals surface area contributed by atoms with E-state index in [1.165, 1.54) is 6.92 Å². The van der Waals surface area contributed by atoms with Crippen molar-refractivity contribution < 1.29 is 24.2 Å². The molecule has 0 fully saturated rings. The number of nitrogens with one attached hydrogen (secondary N) is 1. The van der Waals surface area contributed by atoms with Crippen molar-refractivity contribution in [2.45, 2.75) is 45.1 Å². The van der Waals surface area contributed by atoms with Crippen LogP contribution in [0.25, 0.3) is 0 Å². The van der Waals surface area contributed by atoms with Crippen LogP contribution in [0.4, 0.5) is 4.79 Å². The summed E-state index contributed by atoms with van der Waals surface area (Å²) in [5.74, 6) is -0.948. The lowest BCUT2D eigenvalue weighted by Crippen LogP contribution is -2.30. The van der Waals surface area contributed by atoms with Gasteiger partial charge in [-0.15, -0.1) is 0 Å². The Morgan fingerprint density at radius 2 is 1.95 bits per heavy atom. The van der Waals surface area contributed by atoms with Crippen LogP contribution >= 0.6 is 0 Å². The van der Waals surface area contributed by atoms with Crippen molar-refractivity contribution in [2.75, 3.05) is 13.2 Å². The van der Waals surface area contributed by atoms with Gasteiger partial charge in [-0.05, 0) is 32.6 Å². The van der Waals surface area contributed by atoms with Gasteiger partial charge in [-0.2, -0.15) is 0 Å². The van der Waals surface area contributed by atoms with Gasteiger partial charge >= 0.3 is 12.1 Å². The Morgan fingerprint density at radius 1 is 1.26 bits per heavy atom. The van der Waals surface area contributed by atoms with Crippen LogP contribution in [0.3, 0.4) is 0 Å². The number of amides is 1. The average molecular weight is 274 g/mol. The summed E-state index contributed by atoms with van der Waals surface area (Å²) in [6.45, 7) is 2.12. The highest BCUT2D eigenvalue weighted by Gasteiger charge is 2.10. The van der Waals surface area contributed by atoms with E-state index in [1.54, 1.807) is 0 Å². The Labute approximate surface area is 112 Å². The zero-order chi connectivity index (χ0) is 14.7.